The fourth-order valence-electron chi connectivity index (χ4n) is 1.42. The third-order valence-electron chi connectivity index (χ3n) is 2.53. The molecule has 5 heteroatoms. The van der Waals surface area contributed by atoms with Crippen LogP contribution in [0.1, 0.15) is 11.1 Å². The fourth-order valence-corrected chi connectivity index (χ4v) is 1.56. The Kier molecular flexibility index (Phi) is 3.15. The quantitative estimate of drug-likeness (QED) is 0.857. The van der Waals surface area contributed by atoms with Gasteiger partial charge in [0.25, 0.3) is 0 Å². The molecule has 3 N–H and O–H groups in total. The molecule has 0 amide bonds. The zero-order valence-electron chi connectivity index (χ0n) is 9.66. The standard InChI is InChI=1S/C12H13ClN4/c1-7-3-4-9(5-8(7)2)16-11-10(13)6-15-12(14)17-11/h3-6H,1-2H3,(H3,14,15,16,17). The Labute approximate surface area is 105 Å². The van der Waals surface area contributed by atoms with Crippen LogP contribution in [-0.2, 0) is 0 Å². The number of nitrogens with one attached hydrogen (secondary N) is 1. The van der Waals surface area contributed by atoms with Crippen molar-refractivity contribution in [2.45, 2.75) is 13.8 Å². The summed E-state index contributed by atoms with van der Waals surface area (Å²) < 4.78 is 0. The normalized spacial score (nSPS) is 10.3. The second-order valence-corrected chi connectivity index (χ2v) is 4.26. The largest absolute Gasteiger partial charge is 0.368 e. The summed E-state index contributed by atoms with van der Waals surface area (Å²) in [7, 11) is 0. The Balaban J connectivity index is 2.31. The SMILES string of the molecule is Cc1ccc(Nc2nc(N)ncc2Cl)cc1C. The number of benzene rings is 1. The van der Waals surface area contributed by atoms with Gasteiger partial charge < -0.3 is 11.1 Å². The Morgan fingerprint density at radius 1 is 1.24 bits per heavy atom. The molecule has 0 aliphatic rings. The Hall–Kier alpha value is -1.81. The number of halogens is 1. The summed E-state index contributed by atoms with van der Waals surface area (Å²) in [5.41, 5.74) is 8.88. The van der Waals surface area contributed by atoms with Gasteiger partial charge in [0.1, 0.15) is 5.02 Å². The predicted molar refractivity (Wildman–Crippen MR) is 70.7 cm³/mol. The van der Waals surface area contributed by atoms with Gasteiger partial charge in [0, 0.05) is 5.69 Å². The Bertz CT molecular complexity index is 554. The van der Waals surface area contributed by atoms with E-state index in [0.717, 1.165) is 5.69 Å². The number of rotatable bonds is 2. The first-order chi connectivity index (χ1) is 8.06. The molecule has 4 nitrogen and oxygen atoms in total. The van der Waals surface area contributed by atoms with Crippen molar-refractivity contribution in [1.29, 1.82) is 0 Å². The summed E-state index contributed by atoms with van der Waals surface area (Å²) in [6, 6.07) is 6.04. The van der Waals surface area contributed by atoms with E-state index in [2.05, 4.69) is 29.1 Å². The van der Waals surface area contributed by atoms with Crippen molar-refractivity contribution in [2.75, 3.05) is 11.1 Å². The number of nitrogens with zero attached hydrogens (tertiary/aromatic N) is 2. The van der Waals surface area contributed by atoms with Crippen molar-refractivity contribution in [2.24, 2.45) is 0 Å². The van der Waals surface area contributed by atoms with E-state index < -0.39 is 0 Å². The molecular weight excluding hydrogens is 236 g/mol. The minimum Gasteiger partial charge on any atom is -0.368 e. The summed E-state index contributed by atoms with van der Waals surface area (Å²) in [5.74, 6) is 0.711. The Morgan fingerprint density at radius 2 is 2.00 bits per heavy atom. The highest BCUT2D eigenvalue weighted by Gasteiger charge is 2.04. The number of hydrogen-bond donors (Lipinski definition) is 2. The molecule has 1 aromatic carbocycles. The molecule has 0 radical (unpaired) electrons. The predicted octanol–water partition coefficient (Wildman–Crippen LogP) is 3.07. The topological polar surface area (TPSA) is 63.8 Å². The molecular formula is C12H13ClN4. The zero-order valence-corrected chi connectivity index (χ0v) is 10.4. The first kappa shape index (κ1) is 11.7. The van der Waals surface area contributed by atoms with Gasteiger partial charge in [-0.2, -0.15) is 4.98 Å². The first-order valence-corrected chi connectivity index (χ1v) is 5.56. The zero-order chi connectivity index (χ0) is 12.4. The van der Waals surface area contributed by atoms with Crippen molar-refractivity contribution in [3.05, 3.63) is 40.5 Å². The van der Waals surface area contributed by atoms with Crippen LogP contribution < -0.4 is 11.1 Å². The van der Waals surface area contributed by atoms with Crippen LogP contribution in [0.15, 0.2) is 24.4 Å². The fraction of sp³-hybridized carbons (Fsp3) is 0.167. The van der Waals surface area contributed by atoms with Crippen molar-refractivity contribution >= 4 is 29.1 Å². The number of nitrogens with two attached hydrogens (primary N) is 1. The van der Waals surface area contributed by atoms with Gasteiger partial charge in [-0.3, -0.25) is 0 Å². The average Bonchev–Trinajstić information content (AvgIpc) is 2.29. The van der Waals surface area contributed by atoms with Crippen LogP contribution >= 0.6 is 11.6 Å². The second kappa shape index (κ2) is 4.59. The molecule has 17 heavy (non-hydrogen) atoms. The second-order valence-electron chi connectivity index (χ2n) is 3.85. The molecule has 0 saturated carbocycles. The van der Waals surface area contributed by atoms with Gasteiger partial charge in [0.2, 0.25) is 5.95 Å². The van der Waals surface area contributed by atoms with E-state index in [9.17, 15) is 0 Å². The van der Waals surface area contributed by atoms with E-state index in [1.54, 1.807) is 0 Å². The smallest absolute Gasteiger partial charge is 0.222 e. The minimum atomic E-state index is 0.195. The lowest BCUT2D eigenvalue weighted by atomic mass is 10.1. The molecule has 0 aliphatic heterocycles. The first-order valence-electron chi connectivity index (χ1n) is 5.18. The van der Waals surface area contributed by atoms with Crippen molar-refractivity contribution < 1.29 is 0 Å². The highest BCUT2D eigenvalue weighted by Crippen LogP contribution is 2.24. The van der Waals surface area contributed by atoms with E-state index in [-0.39, 0.29) is 5.95 Å². The molecule has 2 rings (SSSR count). The molecule has 0 spiro atoms. The molecule has 0 fully saturated rings. The number of aromatic nitrogens is 2. The van der Waals surface area contributed by atoms with Gasteiger partial charge >= 0.3 is 0 Å². The monoisotopic (exact) mass is 248 g/mol. The summed E-state index contributed by atoms with van der Waals surface area (Å²) in [6.45, 7) is 4.12. The van der Waals surface area contributed by atoms with E-state index >= 15 is 0 Å². The lowest BCUT2D eigenvalue weighted by Gasteiger charge is -2.09. The van der Waals surface area contributed by atoms with E-state index in [1.165, 1.54) is 17.3 Å². The number of anilines is 3. The molecule has 2 aromatic rings. The van der Waals surface area contributed by atoms with E-state index in [1.807, 2.05) is 18.2 Å². The van der Waals surface area contributed by atoms with Crippen LogP contribution in [0.4, 0.5) is 17.5 Å². The van der Waals surface area contributed by atoms with Gasteiger partial charge in [-0.1, -0.05) is 17.7 Å². The van der Waals surface area contributed by atoms with Crippen LogP contribution in [0.3, 0.4) is 0 Å². The van der Waals surface area contributed by atoms with E-state index in [4.69, 9.17) is 17.3 Å². The van der Waals surface area contributed by atoms with Gasteiger partial charge in [-0.05, 0) is 37.1 Å². The molecule has 0 bridgehead atoms. The van der Waals surface area contributed by atoms with Gasteiger partial charge in [-0.25, -0.2) is 4.98 Å². The molecule has 0 unspecified atom stereocenters. The van der Waals surface area contributed by atoms with E-state index in [0.29, 0.717) is 10.8 Å². The maximum absolute atomic E-state index is 5.97. The van der Waals surface area contributed by atoms with Crippen LogP contribution in [0.2, 0.25) is 5.02 Å². The summed E-state index contributed by atoms with van der Waals surface area (Å²) in [6.07, 6.45) is 1.48. The molecule has 1 aromatic heterocycles. The molecule has 0 saturated heterocycles. The highest BCUT2D eigenvalue weighted by molar-refractivity contribution is 6.32. The van der Waals surface area contributed by atoms with Gasteiger partial charge in [-0.15, -0.1) is 0 Å². The number of hydrogen-bond acceptors (Lipinski definition) is 4. The summed E-state index contributed by atoms with van der Waals surface area (Å²) in [4.78, 5) is 7.85. The van der Waals surface area contributed by atoms with Crippen LogP contribution in [0, 0.1) is 13.8 Å². The molecule has 0 aliphatic carbocycles. The lowest BCUT2D eigenvalue weighted by molar-refractivity contribution is 1.18. The lowest BCUT2D eigenvalue weighted by Crippen LogP contribution is -2.00. The van der Waals surface area contributed by atoms with Crippen LogP contribution in [0.25, 0.3) is 0 Å². The highest BCUT2D eigenvalue weighted by atomic mass is 35.5. The van der Waals surface area contributed by atoms with Gasteiger partial charge in [0.15, 0.2) is 5.82 Å². The number of aryl methyl sites for hydroxylation is 2. The minimum absolute atomic E-state index is 0.195. The third kappa shape index (κ3) is 2.65. The maximum Gasteiger partial charge on any atom is 0.222 e. The third-order valence-corrected chi connectivity index (χ3v) is 2.81. The van der Waals surface area contributed by atoms with Crippen molar-refractivity contribution in [3.8, 4) is 0 Å². The summed E-state index contributed by atoms with van der Waals surface area (Å²) >= 11 is 5.97. The molecule has 1 heterocycles. The Morgan fingerprint density at radius 3 is 2.71 bits per heavy atom. The maximum atomic E-state index is 5.97. The molecule has 88 valence electrons. The number of nitrogen functional groups attached to an aromatic ring is 1. The van der Waals surface area contributed by atoms with Crippen LogP contribution in [0.5, 0.6) is 0 Å². The molecule has 0 atom stereocenters. The van der Waals surface area contributed by atoms with Crippen LogP contribution in [-0.4, -0.2) is 9.97 Å². The van der Waals surface area contributed by atoms with Crippen molar-refractivity contribution in [3.63, 3.8) is 0 Å². The van der Waals surface area contributed by atoms with Gasteiger partial charge in [0.05, 0.1) is 6.20 Å². The summed E-state index contributed by atoms with van der Waals surface area (Å²) in [5, 5.41) is 3.56. The van der Waals surface area contributed by atoms with Crippen molar-refractivity contribution in [1.82, 2.24) is 9.97 Å². The average molecular weight is 249 g/mol.